The molecule has 0 heterocycles. The number of hydrogen-bond donors (Lipinski definition) is 4. The van der Waals surface area contributed by atoms with Crippen molar-refractivity contribution >= 4 is 33.8 Å². The molecule has 0 unspecified atom stereocenters. The van der Waals surface area contributed by atoms with Crippen LogP contribution in [0.4, 0.5) is 0 Å². The van der Waals surface area contributed by atoms with E-state index in [0.717, 1.165) is 16.7 Å². The van der Waals surface area contributed by atoms with Gasteiger partial charge in [0.05, 0.1) is 46.9 Å². The lowest BCUT2D eigenvalue weighted by Gasteiger charge is -2.17. The average molecular weight is 859 g/mol. The van der Waals surface area contributed by atoms with Crippen molar-refractivity contribution in [2.75, 3.05) is 7.11 Å². The van der Waals surface area contributed by atoms with Crippen LogP contribution in [0, 0.1) is 34.0 Å². The molecule has 0 aliphatic carbocycles. The number of carbonyl (C=O) groups excluding carboxylic acids is 3. The number of nitrogens with one attached hydrogen (secondary N) is 2. The maximum Gasteiger partial charge on any atom is 0.328 e. The molecule has 2 atom stereocenters. The summed E-state index contributed by atoms with van der Waals surface area (Å²) in [7, 11) is -2.67. The van der Waals surface area contributed by atoms with E-state index >= 15 is 0 Å². The average Bonchev–Trinajstić information content (AvgIpc) is 3.30. The number of amides is 2. The lowest BCUT2D eigenvalue weighted by Crippen LogP contribution is -2.43. The first-order chi connectivity index (χ1) is 30.2. The van der Waals surface area contributed by atoms with Crippen molar-refractivity contribution in [1.29, 1.82) is 15.8 Å². The van der Waals surface area contributed by atoms with Crippen molar-refractivity contribution in [1.82, 2.24) is 10.6 Å². The Hall–Kier alpha value is -8.42. The largest absolute Gasteiger partial charge is 0.480 e. The highest BCUT2D eigenvalue weighted by Gasteiger charge is 2.24. The number of hydrogen-bond acceptors (Lipinski definition) is 10. The summed E-state index contributed by atoms with van der Waals surface area (Å²) >= 11 is 0. The number of benzene rings is 6. The van der Waals surface area contributed by atoms with Gasteiger partial charge < -0.3 is 20.5 Å². The normalized spacial score (nSPS) is 11.4. The van der Waals surface area contributed by atoms with Crippen LogP contribution in [0.15, 0.2) is 150 Å². The number of nitriles is 3. The Balaban J connectivity index is 0.000000238. The highest BCUT2D eigenvalue weighted by atomic mass is 32.2. The summed E-state index contributed by atoms with van der Waals surface area (Å²) < 4.78 is 28.5. The number of primary sulfonamides is 1. The number of sulfonamides is 1. The zero-order chi connectivity index (χ0) is 45.5. The molecule has 14 nitrogen and oxygen atoms in total. The third kappa shape index (κ3) is 12.3. The van der Waals surface area contributed by atoms with Gasteiger partial charge in [-0.2, -0.15) is 15.8 Å². The van der Waals surface area contributed by atoms with Crippen LogP contribution in [-0.2, 0) is 37.2 Å². The van der Waals surface area contributed by atoms with Gasteiger partial charge in [0.15, 0.2) is 0 Å². The lowest BCUT2D eigenvalue weighted by atomic mass is 9.99. The van der Waals surface area contributed by atoms with E-state index in [4.69, 9.17) is 20.4 Å². The van der Waals surface area contributed by atoms with Gasteiger partial charge in [0.2, 0.25) is 10.0 Å². The van der Waals surface area contributed by atoms with Crippen LogP contribution in [0.25, 0.3) is 22.3 Å². The second-order valence-electron chi connectivity index (χ2n) is 13.8. The first kappa shape index (κ1) is 45.7. The summed E-state index contributed by atoms with van der Waals surface area (Å²) in [6.45, 7) is 0. The number of methoxy groups -OCH3 is 1. The second-order valence-corrected chi connectivity index (χ2v) is 15.3. The number of carboxylic acid groups (broad SMARTS) is 1. The quantitative estimate of drug-likeness (QED) is 0.0994. The standard InChI is InChI=1S/C25H19N3O3.C23H19N3O5S/c1-31-25(30)23(14-17-5-4-6-18(13-17)15-26)28-24(29)20-11-9-19(10-12-20)22-8-3-2-7-21(22)16-27;24-14-16-5-3-4-15(12-16)13-20(23(28)29)26-22(27)18-10-8-17(9-11-18)19-6-1-2-7-21(19)32(25,30)31/h2-13,23H,14H2,1H3,(H,28,29);1-12,20H,13H2,(H,26,27)(H,28,29)(H2,25,30,31)/t23-;20-/m00/s1. The SMILES string of the molecule is COC(=O)[C@H](Cc1cccc(C#N)c1)NC(=O)c1ccc(-c2ccccc2C#N)cc1.N#Cc1cccc(C[C@H](NC(=O)c2ccc(-c3ccccc3S(N)(=O)=O)cc2)C(=O)O)c1. The Labute approximate surface area is 363 Å². The minimum absolute atomic E-state index is 0.0103. The Morgan fingerprint density at radius 1 is 0.619 bits per heavy atom. The van der Waals surface area contributed by atoms with Crippen LogP contribution in [0.1, 0.15) is 48.5 Å². The van der Waals surface area contributed by atoms with E-state index in [1.54, 1.807) is 115 Å². The molecule has 0 aliphatic rings. The Morgan fingerprint density at radius 3 is 1.56 bits per heavy atom. The van der Waals surface area contributed by atoms with Gasteiger partial charge in [0.25, 0.3) is 11.8 Å². The molecule has 6 aromatic rings. The number of carboxylic acids is 1. The molecule has 6 rings (SSSR count). The maximum atomic E-state index is 12.7. The molecule has 0 aromatic heterocycles. The minimum atomic E-state index is -3.93. The molecule has 0 bridgehead atoms. The van der Waals surface area contributed by atoms with Crippen LogP contribution in [0.5, 0.6) is 0 Å². The highest BCUT2D eigenvalue weighted by Crippen LogP contribution is 2.27. The third-order valence-corrected chi connectivity index (χ3v) is 10.5. The van der Waals surface area contributed by atoms with Crippen LogP contribution in [-0.4, -0.2) is 56.5 Å². The van der Waals surface area contributed by atoms with Gasteiger partial charge >= 0.3 is 11.9 Å². The number of aliphatic carboxylic acids is 1. The van der Waals surface area contributed by atoms with Crippen molar-refractivity contribution in [3.05, 3.63) is 185 Å². The molecule has 5 N–H and O–H groups in total. The molecule has 15 heteroatoms. The summed E-state index contributed by atoms with van der Waals surface area (Å²) in [5, 5.41) is 47.3. The topological polar surface area (TPSA) is 253 Å². The molecule has 6 aromatic carbocycles. The van der Waals surface area contributed by atoms with Crippen molar-refractivity contribution in [2.45, 2.75) is 29.8 Å². The molecule has 0 saturated carbocycles. The number of carbonyl (C=O) groups is 4. The molecule has 0 fully saturated rings. The van der Waals surface area contributed by atoms with Gasteiger partial charge in [-0.15, -0.1) is 0 Å². The van der Waals surface area contributed by atoms with Gasteiger partial charge in [0, 0.05) is 29.5 Å². The molecule has 0 saturated heterocycles. The molecule has 314 valence electrons. The first-order valence-electron chi connectivity index (χ1n) is 19.0. The third-order valence-electron chi connectivity index (χ3n) is 9.54. The summed E-state index contributed by atoms with van der Waals surface area (Å²) in [6.07, 6.45) is 0.206. The first-order valence-corrected chi connectivity index (χ1v) is 20.5. The van der Waals surface area contributed by atoms with Crippen molar-refractivity contribution in [3.63, 3.8) is 0 Å². The smallest absolute Gasteiger partial charge is 0.328 e. The van der Waals surface area contributed by atoms with Crippen molar-refractivity contribution in [3.8, 4) is 40.5 Å². The van der Waals surface area contributed by atoms with E-state index in [0.29, 0.717) is 38.9 Å². The maximum absolute atomic E-state index is 12.7. The van der Waals surface area contributed by atoms with E-state index in [9.17, 15) is 38.0 Å². The monoisotopic (exact) mass is 858 g/mol. The Bertz CT molecular complexity index is 2900. The number of rotatable bonds is 13. The van der Waals surface area contributed by atoms with Gasteiger partial charge in [-0.25, -0.2) is 23.1 Å². The predicted octanol–water partition coefficient (Wildman–Crippen LogP) is 5.91. The second kappa shape index (κ2) is 21.2. The van der Waals surface area contributed by atoms with Gasteiger partial charge in [-0.1, -0.05) is 84.9 Å². The molecular weight excluding hydrogens is 821 g/mol. The van der Waals surface area contributed by atoms with Crippen LogP contribution >= 0.6 is 0 Å². The zero-order valence-electron chi connectivity index (χ0n) is 33.6. The number of ether oxygens (including phenoxy) is 1. The summed E-state index contributed by atoms with van der Waals surface area (Å²) in [4.78, 5) is 49.2. The van der Waals surface area contributed by atoms with Crippen LogP contribution in [0.3, 0.4) is 0 Å². The van der Waals surface area contributed by atoms with Gasteiger partial charge in [-0.3, -0.25) is 9.59 Å². The lowest BCUT2D eigenvalue weighted by molar-refractivity contribution is -0.143. The fourth-order valence-corrected chi connectivity index (χ4v) is 7.17. The van der Waals surface area contributed by atoms with Crippen molar-refractivity contribution in [2.24, 2.45) is 5.14 Å². The molecular formula is C48H38N6O8S. The number of nitrogens with zero attached hydrogens (tertiary/aromatic N) is 3. The number of esters is 1. The Kier molecular flexibility index (Phi) is 15.4. The van der Waals surface area contributed by atoms with Crippen molar-refractivity contribution < 1.29 is 37.4 Å². The highest BCUT2D eigenvalue weighted by molar-refractivity contribution is 7.89. The van der Waals surface area contributed by atoms with Crippen LogP contribution in [0.2, 0.25) is 0 Å². The summed E-state index contributed by atoms with van der Waals surface area (Å²) in [5.41, 5.74) is 5.85. The van der Waals surface area contributed by atoms with Gasteiger partial charge in [0.1, 0.15) is 12.1 Å². The van der Waals surface area contributed by atoms with E-state index in [2.05, 4.69) is 22.8 Å². The van der Waals surface area contributed by atoms with E-state index in [1.165, 1.54) is 25.3 Å². The fraction of sp³-hybridized carbons (Fsp3) is 0.104. The van der Waals surface area contributed by atoms with E-state index in [-0.39, 0.29) is 23.3 Å². The zero-order valence-corrected chi connectivity index (χ0v) is 34.4. The molecule has 2 amide bonds. The summed E-state index contributed by atoms with van der Waals surface area (Å²) in [5.74, 6) is -2.80. The molecule has 0 aliphatic heterocycles. The van der Waals surface area contributed by atoms with E-state index in [1.807, 2.05) is 18.2 Å². The molecule has 63 heavy (non-hydrogen) atoms. The molecule has 0 spiro atoms. The molecule has 0 radical (unpaired) electrons. The number of nitrogens with two attached hydrogens (primary N) is 1. The van der Waals surface area contributed by atoms with Crippen LogP contribution < -0.4 is 15.8 Å². The van der Waals surface area contributed by atoms with E-state index < -0.39 is 45.9 Å². The van der Waals surface area contributed by atoms with Gasteiger partial charge in [-0.05, 0) is 88.5 Å². The fourth-order valence-electron chi connectivity index (χ4n) is 6.41. The summed E-state index contributed by atoms with van der Waals surface area (Å²) in [6, 6.07) is 43.8. The predicted molar refractivity (Wildman–Crippen MR) is 232 cm³/mol. The minimum Gasteiger partial charge on any atom is -0.480 e. The Morgan fingerprint density at radius 2 is 1.08 bits per heavy atom.